The van der Waals surface area contributed by atoms with Gasteiger partial charge in [-0.05, 0) is 23.6 Å². The van der Waals surface area contributed by atoms with Gasteiger partial charge < -0.3 is 4.90 Å². The molecule has 0 spiro atoms. The van der Waals surface area contributed by atoms with Crippen molar-refractivity contribution in [2.75, 3.05) is 37.3 Å². The van der Waals surface area contributed by atoms with E-state index in [1.165, 1.54) is 10.6 Å². The number of rotatable bonds is 3. The van der Waals surface area contributed by atoms with Crippen molar-refractivity contribution in [2.24, 2.45) is 0 Å². The minimum Gasteiger partial charge on any atom is -0.367 e. The summed E-state index contributed by atoms with van der Waals surface area (Å²) in [6.45, 7) is 5.91. The van der Waals surface area contributed by atoms with E-state index in [0.717, 1.165) is 5.56 Å². The molecule has 2 rings (SSSR count). The summed E-state index contributed by atoms with van der Waals surface area (Å²) in [6, 6.07) is 5.30. The predicted molar refractivity (Wildman–Crippen MR) is 79.1 cm³/mol. The normalized spacial score (nSPS) is 17.8. The van der Waals surface area contributed by atoms with Crippen LogP contribution in [0.3, 0.4) is 0 Å². The van der Waals surface area contributed by atoms with Crippen LogP contribution in [0.15, 0.2) is 18.2 Å². The SMILES string of the molecule is CC(C)c1ccc(N2CCN(S(C)(=O)=O)CC2)c(F)c1. The quantitative estimate of drug-likeness (QED) is 0.857. The summed E-state index contributed by atoms with van der Waals surface area (Å²) >= 11 is 0. The summed E-state index contributed by atoms with van der Waals surface area (Å²) < 4.78 is 38.5. The zero-order valence-electron chi connectivity index (χ0n) is 12.1. The summed E-state index contributed by atoms with van der Waals surface area (Å²) in [5.41, 5.74) is 1.53. The number of hydrogen-bond acceptors (Lipinski definition) is 3. The second kappa shape index (κ2) is 5.69. The van der Waals surface area contributed by atoms with Crippen molar-refractivity contribution in [3.05, 3.63) is 29.6 Å². The molecular weight excluding hydrogens is 279 g/mol. The third-order valence-electron chi connectivity index (χ3n) is 3.69. The van der Waals surface area contributed by atoms with Crippen molar-refractivity contribution in [3.63, 3.8) is 0 Å². The fourth-order valence-electron chi connectivity index (χ4n) is 2.40. The van der Waals surface area contributed by atoms with Crippen molar-refractivity contribution in [1.82, 2.24) is 4.31 Å². The second-order valence-corrected chi connectivity index (χ2v) is 7.50. The van der Waals surface area contributed by atoms with E-state index in [2.05, 4.69) is 0 Å². The van der Waals surface area contributed by atoms with Gasteiger partial charge in [-0.25, -0.2) is 12.8 Å². The molecule has 0 unspecified atom stereocenters. The van der Waals surface area contributed by atoms with E-state index in [1.54, 1.807) is 12.1 Å². The molecule has 20 heavy (non-hydrogen) atoms. The van der Waals surface area contributed by atoms with Crippen molar-refractivity contribution < 1.29 is 12.8 Å². The van der Waals surface area contributed by atoms with Gasteiger partial charge in [-0.1, -0.05) is 19.9 Å². The lowest BCUT2D eigenvalue weighted by Crippen LogP contribution is -2.48. The number of anilines is 1. The van der Waals surface area contributed by atoms with Crippen molar-refractivity contribution in [1.29, 1.82) is 0 Å². The highest BCUT2D eigenvalue weighted by Gasteiger charge is 2.24. The fourth-order valence-corrected chi connectivity index (χ4v) is 3.23. The third-order valence-corrected chi connectivity index (χ3v) is 4.99. The molecule has 6 heteroatoms. The lowest BCUT2D eigenvalue weighted by atomic mass is 10.0. The van der Waals surface area contributed by atoms with Crippen LogP contribution >= 0.6 is 0 Å². The average molecular weight is 300 g/mol. The van der Waals surface area contributed by atoms with E-state index >= 15 is 0 Å². The van der Waals surface area contributed by atoms with Crippen molar-refractivity contribution in [3.8, 4) is 0 Å². The largest absolute Gasteiger partial charge is 0.367 e. The molecule has 1 aliphatic heterocycles. The molecule has 4 nitrogen and oxygen atoms in total. The minimum absolute atomic E-state index is 0.232. The number of benzene rings is 1. The molecule has 0 saturated carbocycles. The van der Waals surface area contributed by atoms with Gasteiger partial charge in [0.2, 0.25) is 10.0 Å². The molecule has 112 valence electrons. The topological polar surface area (TPSA) is 40.6 Å². The van der Waals surface area contributed by atoms with E-state index in [9.17, 15) is 12.8 Å². The first-order chi connectivity index (χ1) is 9.29. The molecular formula is C14H21FN2O2S. The van der Waals surface area contributed by atoms with Crippen LogP contribution in [0.25, 0.3) is 0 Å². The molecule has 1 aliphatic rings. The Morgan fingerprint density at radius 1 is 1.15 bits per heavy atom. The highest BCUT2D eigenvalue weighted by Crippen LogP contribution is 2.25. The minimum atomic E-state index is -3.15. The van der Waals surface area contributed by atoms with Crippen molar-refractivity contribution in [2.45, 2.75) is 19.8 Å². The number of hydrogen-bond donors (Lipinski definition) is 0. The van der Waals surface area contributed by atoms with Gasteiger partial charge >= 0.3 is 0 Å². The Labute approximate surface area is 120 Å². The van der Waals surface area contributed by atoms with E-state index < -0.39 is 10.0 Å². The van der Waals surface area contributed by atoms with Crippen LogP contribution in [-0.4, -0.2) is 45.2 Å². The van der Waals surface area contributed by atoms with Crippen LogP contribution in [0.5, 0.6) is 0 Å². The highest BCUT2D eigenvalue weighted by molar-refractivity contribution is 7.88. The standard InChI is InChI=1S/C14H21FN2O2S/c1-11(2)12-4-5-14(13(15)10-12)16-6-8-17(9-7-16)20(3,18)19/h4-5,10-11H,6-9H2,1-3H3. The Bertz CT molecular complexity index is 579. The molecule has 0 radical (unpaired) electrons. The van der Waals surface area contributed by atoms with E-state index in [4.69, 9.17) is 0 Å². The maximum Gasteiger partial charge on any atom is 0.211 e. The molecule has 1 saturated heterocycles. The Balaban J connectivity index is 2.11. The van der Waals surface area contributed by atoms with Gasteiger partial charge in [0.25, 0.3) is 0 Å². The van der Waals surface area contributed by atoms with Crippen LogP contribution in [0.1, 0.15) is 25.3 Å². The Kier molecular flexibility index (Phi) is 4.34. The maximum atomic E-state index is 14.2. The maximum absolute atomic E-state index is 14.2. The van der Waals surface area contributed by atoms with Crippen LogP contribution in [0.2, 0.25) is 0 Å². The molecule has 0 amide bonds. The van der Waals surface area contributed by atoms with Crippen LogP contribution in [-0.2, 0) is 10.0 Å². The first kappa shape index (κ1) is 15.3. The van der Waals surface area contributed by atoms with Gasteiger partial charge in [0, 0.05) is 26.2 Å². The molecule has 0 atom stereocenters. The molecule has 0 N–H and O–H groups in total. The summed E-state index contributed by atoms with van der Waals surface area (Å²) in [7, 11) is -3.15. The lowest BCUT2D eigenvalue weighted by molar-refractivity contribution is 0.386. The zero-order valence-corrected chi connectivity index (χ0v) is 13.0. The van der Waals surface area contributed by atoms with Crippen LogP contribution in [0.4, 0.5) is 10.1 Å². The number of piperazine rings is 1. The first-order valence-electron chi connectivity index (χ1n) is 6.78. The summed E-state index contributed by atoms with van der Waals surface area (Å²) in [5.74, 6) is 0.0598. The monoisotopic (exact) mass is 300 g/mol. The fraction of sp³-hybridized carbons (Fsp3) is 0.571. The van der Waals surface area contributed by atoms with Gasteiger partial charge in [0.1, 0.15) is 5.82 Å². The van der Waals surface area contributed by atoms with Crippen LogP contribution < -0.4 is 4.90 Å². The molecule has 1 heterocycles. The zero-order chi connectivity index (χ0) is 14.9. The predicted octanol–water partition coefficient (Wildman–Crippen LogP) is 2.03. The second-order valence-electron chi connectivity index (χ2n) is 5.51. The Morgan fingerprint density at radius 3 is 2.20 bits per heavy atom. The Morgan fingerprint density at radius 2 is 1.75 bits per heavy atom. The average Bonchev–Trinajstić information content (AvgIpc) is 2.37. The van der Waals surface area contributed by atoms with Crippen LogP contribution in [0, 0.1) is 5.82 Å². The van der Waals surface area contributed by atoms with E-state index in [0.29, 0.717) is 37.8 Å². The smallest absolute Gasteiger partial charge is 0.211 e. The van der Waals surface area contributed by atoms with E-state index in [1.807, 2.05) is 24.8 Å². The lowest BCUT2D eigenvalue weighted by Gasteiger charge is -2.35. The van der Waals surface area contributed by atoms with Gasteiger partial charge in [-0.15, -0.1) is 0 Å². The molecule has 1 aromatic carbocycles. The molecule has 0 bridgehead atoms. The van der Waals surface area contributed by atoms with Gasteiger partial charge in [-0.2, -0.15) is 4.31 Å². The number of halogens is 1. The summed E-state index contributed by atoms with van der Waals surface area (Å²) in [4.78, 5) is 1.90. The molecule has 0 aromatic heterocycles. The van der Waals surface area contributed by atoms with E-state index in [-0.39, 0.29) is 5.82 Å². The summed E-state index contributed by atoms with van der Waals surface area (Å²) in [6.07, 6.45) is 1.21. The van der Waals surface area contributed by atoms with Gasteiger partial charge in [0.05, 0.1) is 11.9 Å². The van der Waals surface area contributed by atoms with Gasteiger partial charge in [-0.3, -0.25) is 0 Å². The summed E-state index contributed by atoms with van der Waals surface area (Å²) in [5, 5.41) is 0. The molecule has 1 fully saturated rings. The van der Waals surface area contributed by atoms with Crippen molar-refractivity contribution >= 4 is 15.7 Å². The first-order valence-corrected chi connectivity index (χ1v) is 8.63. The van der Waals surface area contributed by atoms with Gasteiger partial charge in [0.15, 0.2) is 0 Å². The molecule has 1 aromatic rings. The highest BCUT2D eigenvalue weighted by atomic mass is 32.2. The molecule has 0 aliphatic carbocycles. The third kappa shape index (κ3) is 3.30. The number of sulfonamides is 1. The Hall–Kier alpha value is -1.14. The number of nitrogens with zero attached hydrogens (tertiary/aromatic N) is 2.